The Morgan fingerprint density at radius 2 is 2.13 bits per heavy atom. The van der Waals surface area contributed by atoms with Crippen LogP contribution >= 0.6 is 22.9 Å². The molecule has 0 saturated carbocycles. The Labute approximate surface area is 147 Å². The Kier molecular flexibility index (Phi) is 6.02. The Bertz CT molecular complexity index is 679. The molecule has 0 fully saturated rings. The van der Waals surface area contributed by atoms with Crippen LogP contribution in [0.4, 0.5) is 0 Å². The van der Waals surface area contributed by atoms with Crippen LogP contribution < -0.4 is 10.6 Å². The minimum atomic E-state index is -0.0553. The maximum atomic E-state index is 6.10. The molecule has 0 unspecified atom stereocenters. The van der Waals surface area contributed by atoms with E-state index in [0.717, 1.165) is 22.5 Å². The Morgan fingerprint density at radius 3 is 2.74 bits per heavy atom. The predicted molar refractivity (Wildman–Crippen MR) is 99.5 cm³/mol. The minimum Gasteiger partial charge on any atom is -0.356 e. The average molecular weight is 351 g/mol. The smallest absolute Gasteiger partial charge is 0.191 e. The van der Waals surface area contributed by atoms with Crippen molar-refractivity contribution in [2.24, 2.45) is 4.99 Å². The van der Waals surface area contributed by atoms with Gasteiger partial charge in [-0.25, -0.2) is 4.98 Å². The Hall–Kier alpha value is -1.59. The van der Waals surface area contributed by atoms with Gasteiger partial charge in [0.25, 0.3) is 0 Å². The van der Waals surface area contributed by atoms with E-state index < -0.39 is 0 Å². The predicted octanol–water partition coefficient (Wildman–Crippen LogP) is 3.75. The molecule has 1 aromatic heterocycles. The summed E-state index contributed by atoms with van der Waals surface area (Å²) in [5, 5.41) is 8.49. The first-order valence-corrected chi connectivity index (χ1v) is 8.72. The molecule has 0 bridgehead atoms. The monoisotopic (exact) mass is 350 g/mol. The van der Waals surface area contributed by atoms with Crippen LogP contribution in [-0.4, -0.2) is 24.5 Å². The number of halogens is 1. The third-order valence-electron chi connectivity index (χ3n) is 3.60. The Balaban J connectivity index is 1.91. The third-order valence-corrected chi connectivity index (χ3v) is 4.75. The lowest BCUT2D eigenvalue weighted by Crippen LogP contribution is -2.43. The Morgan fingerprint density at radius 1 is 1.35 bits per heavy atom. The van der Waals surface area contributed by atoms with Gasteiger partial charge < -0.3 is 10.6 Å². The van der Waals surface area contributed by atoms with Crippen LogP contribution in [0.15, 0.2) is 35.5 Å². The zero-order valence-corrected chi connectivity index (χ0v) is 15.6. The molecule has 0 spiro atoms. The van der Waals surface area contributed by atoms with Crippen LogP contribution in [0.2, 0.25) is 5.02 Å². The molecular formula is C17H23ClN4S. The van der Waals surface area contributed by atoms with Gasteiger partial charge in [0.15, 0.2) is 5.96 Å². The van der Waals surface area contributed by atoms with E-state index in [4.69, 9.17) is 11.6 Å². The molecule has 0 aliphatic heterocycles. The number of benzene rings is 1. The second-order valence-electron chi connectivity index (χ2n) is 6.04. The van der Waals surface area contributed by atoms with Gasteiger partial charge in [0, 0.05) is 35.1 Å². The number of nitrogens with zero attached hydrogens (tertiary/aromatic N) is 2. The molecule has 0 atom stereocenters. The number of aliphatic imine (C=N–C) groups is 1. The molecule has 1 aromatic carbocycles. The highest BCUT2D eigenvalue weighted by Crippen LogP contribution is 2.24. The normalized spacial score (nSPS) is 12.3. The largest absolute Gasteiger partial charge is 0.356 e. The zero-order valence-electron chi connectivity index (χ0n) is 14.0. The number of aryl methyl sites for hydroxylation is 1. The summed E-state index contributed by atoms with van der Waals surface area (Å²) < 4.78 is 0. The van der Waals surface area contributed by atoms with E-state index in [2.05, 4.69) is 47.4 Å². The van der Waals surface area contributed by atoms with Crippen LogP contribution in [0.3, 0.4) is 0 Å². The van der Waals surface area contributed by atoms with Crippen LogP contribution in [0.5, 0.6) is 0 Å². The molecule has 6 heteroatoms. The van der Waals surface area contributed by atoms with Gasteiger partial charge in [-0.3, -0.25) is 4.99 Å². The van der Waals surface area contributed by atoms with E-state index in [-0.39, 0.29) is 5.41 Å². The molecule has 1 heterocycles. The molecule has 0 amide bonds. The molecule has 0 radical (unpaired) electrons. The van der Waals surface area contributed by atoms with E-state index in [9.17, 15) is 0 Å². The number of hydrogen-bond donors (Lipinski definition) is 2. The summed E-state index contributed by atoms with van der Waals surface area (Å²) in [6.45, 7) is 7.85. The summed E-state index contributed by atoms with van der Waals surface area (Å²) >= 11 is 7.79. The van der Waals surface area contributed by atoms with E-state index >= 15 is 0 Å². The van der Waals surface area contributed by atoms with Gasteiger partial charge in [0.1, 0.15) is 5.01 Å². The van der Waals surface area contributed by atoms with Gasteiger partial charge in [0.05, 0.1) is 6.54 Å². The molecule has 0 aliphatic carbocycles. The number of thiazole rings is 1. The van der Waals surface area contributed by atoms with Crippen molar-refractivity contribution in [3.63, 3.8) is 0 Å². The number of guanidine groups is 1. The van der Waals surface area contributed by atoms with Crippen LogP contribution in [0.25, 0.3) is 0 Å². The molecule has 124 valence electrons. The summed E-state index contributed by atoms with van der Waals surface area (Å²) in [5.41, 5.74) is 1.14. The maximum absolute atomic E-state index is 6.10. The SMILES string of the molecule is CN=C(NCc1ncc(C)s1)NCC(C)(C)c1cccc(Cl)c1. The van der Waals surface area contributed by atoms with Crippen LogP contribution in [-0.2, 0) is 12.0 Å². The number of rotatable bonds is 5. The maximum Gasteiger partial charge on any atom is 0.191 e. The van der Waals surface area contributed by atoms with E-state index in [1.807, 2.05) is 24.4 Å². The number of nitrogens with one attached hydrogen (secondary N) is 2. The van der Waals surface area contributed by atoms with E-state index in [1.165, 1.54) is 10.4 Å². The molecule has 23 heavy (non-hydrogen) atoms. The van der Waals surface area contributed by atoms with E-state index in [1.54, 1.807) is 18.4 Å². The summed E-state index contributed by atoms with van der Waals surface area (Å²) in [4.78, 5) is 9.83. The van der Waals surface area contributed by atoms with Gasteiger partial charge in [-0.15, -0.1) is 11.3 Å². The summed E-state index contributed by atoms with van der Waals surface area (Å²) in [6, 6.07) is 7.99. The van der Waals surface area contributed by atoms with Gasteiger partial charge in [0.2, 0.25) is 0 Å². The van der Waals surface area contributed by atoms with Crippen molar-refractivity contribution in [2.75, 3.05) is 13.6 Å². The van der Waals surface area contributed by atoms with Crippen molar-refractivity contribution in [2.45, 2.75) is 32.7 Å². The lowest BCUT2D eigenvalue weighted by Gasteiger charge is -2.27. The molecule has 0 aliphatic rings. The summed E-state index contributed by atoms with van der Waals surface area (Å²) in [7, 11) is 1.77. The zero-order chi connectivity index (χ0) is 16.9. The van der Waals surface area contributed by atoms with Crippen molar-refractivity contribution in [1.29, 1.82) is 0 Å². The highest BCUT2D eigenvalue weighted by molar-refractivity contribution is 7.11. The highest BCUT2D eigenvalue weighted by atomic mass is 35.5. The minimum absolute atomic E-state index is 0.0553. The second kappa shape index (κ2) is 7.79. The van der Waals surface area contributed by atoms with Crippen LogP contribution in [0, 0.1) is 6.92 Å². The topological polar surface area (TPSA) is 49.3 Å². The first kappa shape index (κ1) is 17.8. The second-order valence-corrected chi connectivity index (χ2v) is 7.79. The highest BCUT2D eigenvalue weighted by Gasteiger charge is 2.21. The van der Waals surface area contributed by atoms with Gasteiger partial charge in [-0.1, -0.05) is 37.6 Å². The van der Waals surface area contributed by atoms with E-state index in [0.29, 0.717) is 6.54 Å². The van der Waals surface area contributed by atoms with Gasteiger partial charge in [-0.2, -0.15) is 0 Å². The summed E-state index contributed by atoms with van der Waals surface area (Å²) in [6.07, 6.45) is 1.89. The average Bonchev–Trinajstić information content (AvgIpc) is 2.93. The van der Waals surface area contributed by atoms with Crippen molar-refractivity contribution >= 4 is 28.9 Å². The molecule has 4 nitrogen and oxygen atoms in total. The molecule has 2 aromatic rings. The van der Waals surface area contributed by atoms with Crippen molar-refractivity contribution in [3.05, 3.63) is 50.9 Å². The standard InChI is InChI=1S/C17H23ClN4S/c1-12-9-20-15(23-12)10-21-16(19-4)22-11-17(2,3)13-6-5-7-14(18)8-13/h5-9H,10-11H2,1-4H3,(H2,19,21,22). The van der Waals surface area contributed by atoms with Crippen molar-refractivity contribution in [3.8, 4) is 0 Å². The fourth-order valence-electron chi connectivity index (χ4n) is 2.18. The lowest BCUT2D eigenvalue weighted by molar-refractivity contribution is 0.508. The third kappa shape index (κ3) is 5.22. The fourth-order valence-corrected chi connectivity index (χ4v) is 3.10. The number of hydrogen-bond acceptors (Lipinski definition) is 3. The van der Waals surface area contributed by atoms with Crippen molar-refractivity contribution < 1.29 is 0 Å². The number of aromatic nitrogens is 1. The van der Waals surface area contributed by atoms with Crippen LogP contribution in [0.1, 0.15) is 29.3 Å². The van der Waals surface area contributed by atoms with Gasteiger partial charge in [-0.05, 0) is 24.6 Å². The first-order chi connectivity index (χ1) is 10.9. The van der Waals surface area contributed by atoms with Gasteiger partial charge >= 0.3 is 0 Å². The molecule has 2 rings (SSSR count). The van der Waals surface area contributed by atoms with Crippen molar-refractivity contribution in [1.82, 2.24) is 15.6 Å². The summed E-state index contributed by atoms with van der Waals surface area (Å²) in [5.74, 6) is 0.771. The quantitative estimate of drug-likeness (QED) is 0.637. The first-order valence-electron chi connectivity index (χ1n) is 7.52. The molecule has 2 N–H and O–H groups in total. The molecule has 0 saturated heterocycles. The molecular weight excluding hydrogens is 328 g/mol. The lowest BCUT2D eigenvalue weighted by atomic mass is 9.84. The fraction of sp³-hybridized carbons (Fsp3) is 0.412.